The van der Waals surface area contributed by atoms with Crippen molar-refractivity contribution in [1.82, 2.24) is 4.90 Å². The Morgan fingerprint density at radius 3 is 2.74 bits per heavy atom. The Kier molecular flexibility index (Phi) is 4.89. The van der Waals surface area contributed by atoms with Gasteiger partial charge >= 0.3 is 0 Å². The van der Waals surface area contributed by atoms with E-state index in [1.807, 2.05) is 13.0 Å². The maximum atomic E-state index is 13.6. The fraction of sp³-hybridized carbons (Fsp3) is 0.615. The van der Waals surface area contributed by atoms with Crippen molar-refractivity contribution in [1.29, 1.82) is 0 Å². The molecule has 0 bridgehead atoms. The van der Waals surface area contributed by atoms with E-state index in [0.717, 1.165) is 19.3 Å². The van der Waals surface area contributed by atoms with Gasteiger partial charge in [-0.1, -0.05) is 26.0 Å². The number of piperidine rings is 1. The van der Waals surface area contributed by atoms with Crippen molar-refractivity contribution in [3.05, 3.63) is 41.7 Å². The van der Waals surface area contributed by atoms with Crippen molar-refractivity contribution in [3.8, 4) is 0 Å². The Labute approximate surface area is 184 Å². The lowest BCUT2D eigenvalue weighted by Crippen LogP contribution is -2.62. The van der Waals surface area contributed by atoms with Crippen LogP contribution in [0.25, 0.3) is 0 Å². The van der Waals surface area contributed by atoms with E-state index in [1.54, 1.807) is 12.1 Å². The van der Waals surface area contributed by atoms with Gasteiger partial charge in [0.25, 0.3) is 5.91 Å². The first-order valence-electron chi connectivity index (χ1n) is 11.8. The molecule has 5 rings (SSSR count). The molecule has 1 aromatic rings. The van der Waals surface area contributed by atoms with Crippen LogP contribution in [0.3, 0.4) is 0 Å². The monoisotopic (exact) mass is 424 g/mol. The van der Waals surface area contributed by atoms with Crippen LogP contribution < -0.4 is 5.32 Å². The molecular weight excluding hydrogens is 391 g/mol. The van der Waals surface area contributed by atoms with Crippen LogP contribution >= 0.6 is 0 Å². The van der Waals surface area contributed by atoms with Crippen LogP contribution in [0, 0.1) is 29.0 Å². The molecule has 0 spiro atoms. The molecule has 31 heavy (non-hydrogen) atoms. The average Bonchev–Trinajstić information content (AvgIpc) is 3.12. The molecule has 2 heterocycles. The predicted molar refractivity (Wildman–Crippen MR) is 119 cm³/mol. The Bertz CT molecular complexity index is 958. The minimum atomic E-state index is -0.411. The van der Waals surface area contributed by atoms with Gasteiger partial charge in [-0.15, -0.1) is 0 Å². The smallest absolute Gasteiger partial charge is 0.258 e. The van der Waals surface area contributed by atoms with Crippen LogP contribution in [0.15, 0.2) is 35.9 Å². The van der Waals surface area contributed by atoms with E-state index in [2.05, 4.69) is 24.1 Å². The molecule has 5 heteroatoms. The molecule has 3 fully saturated rings. The van der Waals surface area contributed by atoms with Gasteiger partial charge in [-0.3, -0.25) is 14.5 Å². The lowest BCUT2D eigenvalue weighted by atomic mass is 9.50. The Morgan fingerprint density at radius 1 is 1.16 bits per heavy atom. The van der Waals surface area contributed by atoms with Crippen LogP contribution in [-0.4, -0.2) is 34.7 Å². The lowest BCUT2D eigenvalue weighted by Gasteiger charge is -2.60. The number of halogens is 1. The summed E-state index contributed by atoms with van der Waals surface area (Å²) in [6.07, 6.45) is 9.08. The van der Waals surface area contributed by atoms with E-state index in [-0.39, 0.29) is 28.6 Å². The molecular formula is C26H33FN2O2. The number of anilines is 1. The Hall–Kier alpha value is -2.01. The summed E-state index contributed by atoms with van der Waals surface area (Å²) in [4.78, 5) is 29.1. The van der Waals surface area contributed by atoms with E-state index in [9.17, 15) is 14.0 Å². The van der Waals surface area contributed by atoms with Crippen LogP contribution in [0.1, 0.15) is 59.3 Å². The third kappa shape index (κ3) is 3.19. The number of carbonyl (C=O) groups is 2. The summed E-state index contributed by atoms with van der Waals surface area (Å²) in [6, 6.07) is 6.36. The summed E-state index contributed by atoms with van der Waals surface area (Å²) in [5.74, 6) is -0.323. The number of allylic oxidation sites excluding steroid dienone is 1. The molecule has 0 aromatic heterocycles. The van der Waals surface area contributed by atoms with Crippen LogP contribution in [0.5, 0.6) is 0 Å². The minimum Gasteiger partial charge on any atom is -0.322 e. The van der Waals surface area contributed by atoms with Gasteiger partial charge in [0.1, 0.15) is 5.82 Å². The van der Waals surface area contributed by atoms with Gasteiger partial charge < -0.3 is 5.32 Å². The number of fused-ring (bicyclic) bond motifs is 5. The van der Waals surface area contributed by atoms with E-state index in [4.69, 9.17) is 0 Å². The molecule has 166 valence electrons. The molecule has 6 atom stereocenters. The summed E-state index contributed by atoms with van der Waals surface area (Å²) in [6.45, 7) is 7.87. The molecule has 2 aliphatic carbocycles. The van der Waals surface area contributed by atoms with E-state index in [0.29, 0.717) is 23.2 Å². The number of carbonyl (C=O) groups excluding carboxylic acids is 2. The topological polar surface area (TPSA) is 49.4 Å². The number of Topliss-reactive ketones (excluding diaryl/α,β-unsaturated/α-hetero) is 1. The van der Waals surface area contributed by atoms with Crippen LogP contribution in [0.4, 0.5) is 10.1 Å². The van der Waals surface area contributed by atoms with Crippen molar-refractivity contribution in [3.63, 3.8) is 0 Å². The molecule has 0 radical (unpaired) electrons. The number of amides is 1. The number of rotatable bonds is 2. The number of nitrogens with zero attached hydrogens (tertiary/aromatic N) is 1. The highest BCUT2D eigenvalue weighted by atomic mass is 19.1. The highest BCUT2D eigenvalue weighted by molar-refractivity contribution is 6.24. The molecule has 2 aliphatic heterocycles. The highest BCUT2D eigenvalue weighted by Gasteiger charge is 2.58. The first-order chi connectivity index (χ1) is 14.7. The van der Waals surface area contributed by atoms with E-state index in [1.165, 1.54) is 37.9 Å². The number of hydrogen-bond acceptors (Lipinski definition) is 3. The first-order valence-corrected chi connectivity index (χ1v) is 11.8. The van der Waals surface area contributed by atoms with Crippen molar-refractivity contribution in [2.75, 3.05) is 11.9 Å². The van der Waals surface area contributed by atoms with Crippen molar-refractivity contribution in [2.24, 2.45) is 23.2 Å². The van der Waals surface area contributed by atoms with Crippen LogP contribution in [0.2, 0.25) is 0 Å². The van der Waals surface area contributed by atoms with Gasteiger partial charge in [0.05, 0.1) is 5.57 Å². The lowest BCUT2D eigenvalue weighted by molar-refractivity contribution is -0.133. The molecule has 1 N–H and O–H groups in total. The minimum absolute atomic E-state index is 0.0725. The molecule has 2 saturated heterocycles. The fourth-order valence-electron chi connectivity index (χ4n) is 7.53. The number of ketones is 1. The zero-order valence-corrected chi connectivity index (χ0v) is 18.8. The third-order valence-electron chi connectivity index (χ3n) is 9.10. The van der Waals surface area contributed by atoms with Crippen molar-refractivity contribution >= 4 is 17.4 Å². The molecule has 4 aliphatic rings. The second-order valence-electron chi connectivity index (χ2n) is 10.7. The number of benzene rings is 1. The summed E-state index contributed by atoms with van der Waals surface area (Å²) in [5.41, 5.74) is 0.785. The van der Waals surface area contributed by atoms with Gasteiger partial charge in [0.2, 0.25) is 0 Å². The Balaban J connectivity index is 1.48. The summed E-state index contributed by atoms with van der Waals surface area (Å²) >= 11 is 0. The van der Waals surface area contributed by atoms with Crippen molar-refractivity contribution < 1.29 is 14.0 Å². The van der Waals surface area contributed by atoms with Gasteiger partial charge in [-0.25, -0.2) is 4.39 Å². The summed E-state index contributed by atoms with van der Waals surface area (Å²) < 4.78 is 13.6. The zero-order valence-electron chi connectivity index (χ0n) is 18.8. The van der Waals surface area contributed by atoms with Gasteiger partial charge in [-0.05, 0) is 87.4 Å². The van der Waals surface area contributed by atoms with Crippen molar-refractivity contribution in [2.45, 2.75) is 70.9 Å². The normalized spacial score (nSPS) is 39.9. The number of nitrogens with one attached hydrogen (secondary N) is 1. The molecule has 1 amide bonds. The molecule has 2 unspecified atom stereocenters. The van der Waals surface area contributed by atoms with Gasteiger partial charge in [-0.2, -0.15) is 0 Å². The van der Waals surface area contributed by atoms with Crippen LogP contribution in [-0.2, 0) is 9.59 Å². The average molecular weight is 425 g/mol. The molecule has 1 aromatic carbocycles. The Morgan fingerprint density at radius 2 is 1.97 bits per heavy atom. The second kappa shape index (κ2) is 7.26. The highest BCUT2D eigenvalue weighted by Crippen LogP contribution is 2.59. The second-order valence-corrected chi connectivity index (χ2v) is 10.7. The first kappa shape index (κ1) is 20.9. The molecule has 1 saturated carbocycles. The fourth-order valence-corrected chi connectivity index (χ4v) is 7.53. The quantitative estimate of drug-likeness (QED) is 0.683. The largest absolute Gasteiger partial charge is 0.322 e. The van der Waals surface area contributed by atoms with E-state index < -0.39 is 11.7 Å². The van der Waals surface area contributed by atoms with E-state index >= 15 is 0 Å². The summed E-state index contributed by atoms with van der Waals surface area (Å²) in [7, 11) is 0. The van der Waals surface area contributed by atoms with Gasteiger partial charge in [0, 0.05) is 23.2 Å². The van der Waals surface area contributed by atoms with Gasteiger partial charge in [0.15, 0.2) is 5.78 Å². The maximum absolute atomic E-state index is 13.6. The SMILES string of the molecule is CC1C(=O)C(C(=O)Nc2cccc(F)c2)=C[C@@]2(C)C1CC[C@@H]1[C@H]2CC[C@]2(C)CCCN12. The summed E-state index contributed by atoms with van der Waals surface area (Å²) in [5, 5.41) is 2.75. The standard InChI is InChI=1S/C26H33FN2O2/c1-16-20-8-9-22-21(10-12-25(2)11-5-13-29(22)25)26(20,3)15-19(23(16)30)24(31)28-18-7-4-6-17(27)14-18/h4,6-7,14-16,20-22H,5,8-13H2,1-3H3,(H,28,31)/t16?,20?,21-,22-,25+,26+/m1/s1. The maximum Gasteiger partial charge on any atom is 0.258 e. The predicted octanol–water partition coefficient (Wildman–Crippen LogP) is 4.96. The number of hydrogen-bond donors (Lipinski definition) is 1. The molecule has 4 nitrogen and oxygen atoms in total. The third-order valence-corrected chi connectivity index (χ3v) is 9.10. The zero-order chi connectivity index (χ0) is 22.0.